The van der Waals surface area contributed by atoms with E-state index in [1.54, 1.807) is 6.07 Å². The fraction of sp³-hybridized carbons (Fsp3) is 0. The first-order valence-electron chi connectivity index (χ1n) is 7.20. The summed E-state index contributed by atoms with van der Waals surface area (Å²) in [6.45, 7) is 0. The Balaban J connectivity index is 1.76. The van der Waals surface area contributed by atoms with Gasteiger partial charge in [-0.05, 0) is 47.2 Å². The summed E-state index contributed by atoms with van der Waals surface area (Å²) in [5, 5.41) is 8.25. The summed E-state index contributed by atoms with van der Waals surface area (Å²) in [6.07, 6.45) is 1.94. The monoisotopic (exact) mass is 338 g/mol. The van der Waals surface area contributed by atoms with Gasteiger partial charge in [-0.15, -0.1) is 0 Å². The van der Waals surface area contributed by atoms with Crippen molar-refractivity contribution in [2.45, 2.75) is 0 Å². The van der Waals surface area contributed by atoms with Gasteiger partial charge in [0.2, 0.25) is 0 Å². The lowest BCUT2D eigenvalue weighted by Gasteiger charge is -2.04. The summed E-state index contributed by atoms with van der Waals surface area (Å²) in [6, 6.07) is 21.9. The minimum absolute atomic E-state index is 0.604. The van der Waals surface area contributed by atoms with Gasteiger partial charge in [0.25, 0.3) is 0 Å². The van der Waals surface area contributed by atoms with Crippen LogP contribution in [0.5, 0.6) is 0 Å². The molecule has 4 rings (SSSR count). The van der Waals surface area contributed by atoms with E-state index in [0.717, 1.165) is 16.9 Å². The molecule has 0 fully saturated rings. The quantitative estimate of drug-likeness (QED) is 0.438. The summed E-state index contributed by atoms with van der Waals surface area (Å²) < 4.78 is 1.86. The molecule has 0 aliphatic rings. The number of fused-ring (bicyclic) bond motifs is 1. The maximum atomic E-state index is 6.07. The predicted molar refractivity (Wildman–Crippen MR) is 96.5 cm³/mol. The second kappa shape index (κ2) is 5.73. The van der Waals surface area contributed by atoms with Crippen molar-refractivity contribution in [1.29, 1.82) is 0 Å². The van der Waals surface area contributed by atoms with E-state index in [9.17, 15) is 0 Å². The fourth-order valence-corrected chi connectivity index (χ4v) is 3.17. The van der Waals surface area contributed by atoms with Gasteiger partial charge in [0.15, 0.2) is 0 Å². The third-order valence-corrected chi connectivity index (χ3v) is 4.18. The number of hydrogen-bond donors (Lipinski definition) is 0. The van der Waals surface area contributed by atoms with Crippen LogP contribution < -0.4 is 0 Å². The predicted octanol–water partition coefficient (Wildman–Crippen LogP) is 6.00. The molecule has 23 heavy (non-hydrogen) atoms. The summed E-state index contributed by atoms with van der Waals surface area (Å²) in [5.41, 5.74) is 2.76. The molecule has 0 atom stereocenters. The van der Waals surface area contributed by atoms with E-state index in [1.807, 2.05) is 41.2 Å². The van der Waals surface area contributed by atoms with E-state index in [0.29, 0.717) is 10.0 Å². The van der Waals surface area contributed by atoms with Crippen LogP contribution in [0, 0.1) is 0 Å². The summed E-state index contributed by atoms with van der Waals surface area (Å²) in [4.78, 5) is 0. The normalized spacial score (nSPS) is 11.0. The smallest absolute Gasteiger partial charge is 0.0928 e. The van der Waals surface area contributed by atoms with Crippen molar-refractivity contribution in [2.24, 2.45) is 0 Å². The summed E-state index contributed by atoms with van der Waals surface area (Å²) in [7, 11) is 0. The lowest BCUT2D eigenvalue weighted by atomic mass is 10.1. The van der Waals surface area contributed by atoms with Crippen LogP contribution in [-0.4, -0.2) is 9.78 Å². The number of aromatic nitrogens is 2. The van der Waals surface area contributed by atoms with Crippen molar-refractivity contribution in [1.82, 2.24) is 9.78 Å². The van der Waals surface area contributed by atoms with Gasteiger partial charge in [-0.25, -0.2) is 4.68 Å². The molecule has 4 aromatic rings. The van der Waals surface area contributed by atoms with Crippen LogP contribution in [0.4, 0.5) is 0 Å². The number of hydrogen-bond acceptors (Lipinski definition) is 1. The zero-order valence-electron chi connectivity index (χ0n) is 12.1. The van der Waals surface area contributed by atoms with Crippen molar-refractivity contribution < 1.29 is 0 Å². The number of benzene rings is 3. The summed E-state index contributed by atoms with van der Waals surface area (Å²) in [5.74, 6) is 0. The van der Waals surface area contributed by atoms with Crippen LogP contribution in [0.2, 0.25) is 10.0 Å². The second-order valence-corrected chi connectivity index (χ2v) is 6.21. The molecule has 0 saturated carbocycles. The molecule has 0 aliphatic heterocycles. The molecule has 0 amide bonds. The van der Waals surface area contributed by atoms with E-state index in [-0.39, 0.29) is 0 Å². The van der Waals surface area contributed by atoms with Gasteiger partial charge < -0.3 is 0 Å². The lowest BCUT2D eigenvalue weighted by Crippen LogP contribution is -1.94. The van der Waals surface area contributed by atoms with Crippen molar-refractivity contribution in [2.75, 3.05) is 0 Å². The molecule has 0 radical (unpaired) electrons. The van der Waals surface area contributed by atoms with Gasteiger partial charge in [0.1, 0.15) is 0 Å². The Kier molecular flexibility index (Phi) is 3.56. The van der Waals surface area contributed by atoms with E-state index >= 15 is 0 Å². The van der Waals surface area contributed by atoms with Crippen molar-refractivity contribution in [3.8, 4) is 16.9 Å². The minimum Gasteiger partial charge on any atom is -0.240 e. The zero-order chi connectivity index (χ0) is 15.8. The average Bonchev–Trinajstić information content (AvgIpc) is 3.03. The molecular weight excluding hydrogens is 327 g/mol. The molecule has 0 aliphatic carbocycles. The van der Waals surface area contributed by atoms with E-state index < -0.39 is 0 Å². The Labute approximate surface area is 143 Å². The number of rotatable bonds is 2. The second-order valence-electron chi connectivity index (χ2n) is 5.34. The Bertz CT molecular complexity index is 985. The average molecular weight is 339 g/mol. The molecule has 4 heteroatoms. The standard InChI is InChI=1S/C19H12Cl2N2/c20-16-9-15(10-17(21)12-16)19-7-8-23(22-19)18-6-5-13-3-1-2-4-14(13)11-18/h1-12H. The third-order valence-electron chi connectivity index (χ3n) is 3.74. The Hall–Kier alpha value is -2.29. The first-order chi connectivity index (χ1) is 11.2. The molecule has 0 unspecified atom stereocenters. The highest BCUT2D eigenvalue weighted by Crippen LogP contribution is 2.27. The first kappa shape index (κ1) is 14.3. The van der Waals surface area contributed by atoms with Gasteiger partial charge in [-0.3, -0.25) is 0 Å². The highest BCUT2D eigenvalue weighted by molar-refractivity contribution is 6.35. The molecule has 1 heterocycles. The fourth-order valence-electron chi connectivity index (χ4n) is 2.64. The minimum atomic E-state index is 0.604. The topological polar surface area (TPSA) is 17.8 Å². The lowest BCUT2D eigenvalue weighted by molar-refractivity contribution is 0.886. The van der Waals surface area contributed by atoms with Crippen molar-refractivity contribution in [3.05, 3.63) is 83.0 Å². The van der Waals surface area contributed by atoms with Crippen LogP contribution in [-0.2, 0) is 0 Å². The number of nitrogens with zero attached hydrogens (tertiary/aromatic N) is 2. The van der Waals surface area contributed by atoms with E-state index in [4.69, 9.17) is 23.2 Å². The molecule has 0 bridgehead atoms. The molecule has 2 nitrogen and oxygen atoms in total. The Morgan fingerprint density at radius 3 is 2.26 bits per heavy atom. The van der Waals surface area contributed by atoms with E-state index in [1.165, 1.54) is 10.8 Å². The Morgan fingerprint density at radius 2 is 1.48 bits per heavy atom. The molecule has 3 aromatic carbocycles. The van der Waals surface area contributed by atoms with Gasteiger partial charge >= 0.3 is 0 Å². The van der Waals surface area contributed by atoms with Crippen molar-refractivity contribution in [3.63, 3.8) is 0 Å². The van der Waals surface area contributed by atoms with Gasteiger partial charge in [0.05, 0.1) is 11.4 Å². The Morgan fingerprint density at radius 1 is 0.739 bits per heavy atom. The van der Waals surface area contributed by atoms with Crippen LogP contribution in [0.15, 0.2) is 72.9 Å². The zero-order valence-corrected chi connectivity index (χ0v) is 13.6. The maximum Gasteiger partial charge on any atom is 0.0928 e. The van der Waals surface area contributed by atoms with Gasteiger partial charge in [-0.2, -0.15) is 5.10 Å². The largest absolute Gasteiger partial charge is 0.240 e. The van der Waals surface area contributed by atoms with Gasteiger partial charge in [-0.1, -0.05) is 53.5 Å². The number of halogens is 2. The van der Waals surface area contributed by atoms with Gasteiger partial charge in [0, 0.05) is 21.8 Å². The summed E-state index contributed by atoms with van der Waals surface area (Å²) >= 11 is 12.1. The first-order valence-corrected chi connectivity index (χ1v) is 7.96. The molecule has 112 valence electrons. The van der Waals surface area contributed by atoms with Crippen LogP contribution >= 0.6 is 23.2 Å². The van der Waals surface area contributed by atoms with E-state index in [2.05, 4.69) is 35.4 Å². The molecular formula is C19H12Cl2N2. The van der Waals surface area contributed by atoms with Crippen molar-refractivity contribution >= 4 is 34.0 Å². The van der Waals surface area contributed by atoms with Crippen LogP contribution in [0.3, 0.4) is 0 Å². The van der Waals surface area contributed by atoms with Crippen LogP contribution in [0.1, 0.15) is 0 Å². The molecule has 0 saturated heterocycles. The third kappa shape index (κ3) is 2.83. The van der Waals surface area contributed by atoms with Crippen LogP contribution in [0.25, 0.3) is 27.7 Å². The molecule has 1 aromatic heterocycles. The molecule has 0 N–H and O–H groups in total. The highest BCUT2D eigenvalue weighted by Gasteiger charge is 2.06. The SMILES string of the molecule is Clc1cc(Cl)cc(-c2ccn(-c3ccc4ccccc4c3)n2)c1. The highest BCUT2D eigenvalue weighted by atomic mass is 35.5. The molecule has 0 spiro atoms. The maximum absolute atomic E-state index is 6.07.